The Morgan fingerprint density at radius 2 is 1.80 bits per heavy atom. The fraction of sp³-hybridized carbons (Fsp3) is 0.182. The van der Waals surface area contributed by atoms with Gasteiger partial charge in [-0.2, -0.15) is 4.72 Å². The molecule has 3 heterocycles. The van der Waals surface area contributed by atoms with E-state index in [4.69, 9.17) is 11.6 Å². The summed E-state index contributed by atoms with van der Waals surface area (Å²) in [7, 11) is -4.79. The molecule has 0 saturated heterocycles. The number of anilines is 2. The smallest absolute Gasteiger partial charge is 0.246 e. The third-order valence-electron chi connectivity index (χ3n) is 5.27. The second-order valence-electron chi connectivity index (χ2n) is 7.66. The lowest BCUT2D eigenvalue weighted by atomic mass is 9.86. The molecule has 0 saturated carbocycles. The molecular formula is C22H18ClF3N6O2S. The number of aryl methyl sites for hydroxylation is 1. The Labute approximate surface area is 204 Å². The normalized spacial score (nSPS) is 20.2. The molecule has 182 valence electrons. The molecule has 2 unspecified atom stereocenters. The van der Waals surface area contributed by atoms with Crippen LogP contribution >= 0.6 is 11.6 Å². The number of nitrogens with one attached hydrogen (secondary N) is 2. The van der Waals surface area contributed by atoms with E-state index in [2.05, 4.69) is 25.3 Å². The fourth-order valence-electron chi connectivity index (χ4n) is 3.46. The number of benzene rings is 1. The third kappa shape index (κ3) is 5.04. The summed E-state index contributed by atoms with van der Waals surface area (Å²) in [5, 5.41) is 2.32. The van der Waals surface area contributed by atoms with Crippen molar-refractivity contribution in [3.05, 3.63) is 78.0 Å². The number of aliphatic imine (C=N–C) groups is 1. The van der Waals surface area contributed by atoms with Gasteiger partial charge in [0.05, 0.1) is 0 Å². The molecule has 1 aliphatic rings. The number of halogens is 4. The van der Waals surface area contributed by atoms with Crippen LogP contribution in [0.15, 0.2) is 64.9 Å². The summed E-state index contributed by atoms with van der Waals surface area (Å²) in [5.41, 5.74) is 0.770. The highest BCUT2D eigenvalue weighted by atomic mass is 35.5. The first-order chi connectivity index (χ1) is 16.5. The predicted octanol–water partition coefficient (Wildman–Crippen LogP) is 4.47. The zero-order chi connectivity index (χ0) is 25.4. The van der Waals surface area contributed by atoms with E-state index in [0.717, 1.165) is 6.07 Å². The van der Waals surface area contributed by atoms with Crippen LogP contribution < -0.4 is 10.0 Å². The predicted molar refractivity (Wildman–Crippen MR) is 125 cm³/mol. The summed E-state index contributed by atoms with van der Waals surface area (Å²) in [4.78, 5) is 15.4. The molecule has 0 aliphatic carbocycles. The van der Waals surface area contributed by atoms with Gasteiger partial charge < -0.3 is 5.32 Å². The molecule has 0 amide bonds. The van der Waals surface area contributed by atoms with Crippen LogP contribution in [0.3, 0.4) is 0 Å². The minimum Gasteiger partial charge on any atom is -0.325 e. The van der Waals surface area contributed by atoms with Crippen molar-refractivity contribution in [1.82, 2.24) is 19.7 Å². The highest BCUT2D eigenvalue weighted by Crippen LogP contribution is 2.39. The van der Waals surface area contributed by atoms with Crippen LogP contribution in [-0.2, 0) is 10.0 Å². The van der Waals surface area contributed by atoms with Gasteiger partial charge in [0.25, 0.3) is 0 Å². The van der Waals surface area contributed by atoms with Crippen molar-refractivity contribution < 1.29 is 21.6 Å². The lowest BCUT2D eigenvalue weighted by Crippen LogP contribution is -2.55. The maximum absolute atomic E-state index is 16.1. The number of aromatic nitrogens is 3. The Morgan fingerprint density at radius 1 is 1.06 bits per heavy atom. The molecule has 4 rings (SSSR count). The summed E-state index contributed by atoms with van der Waals surface area (Å²) in [6.07, 6.45) is 4.35. The van der Waals surface area contributed by atoms with E-state index in [9.17, 15) is 17.2 Å². The van der Waals surface area contributed by atoms with Gasteiger partial charge in [-0.05, 0) is 48.4 Å². The topological polar surface area (TPSA) is 109 Å². The molecule has 0 radical (unpaired) electrons. The zero-order valence-corrected chi connectivity index (χ0v) is 19.9. The molecular weight excluding hydrogens is 505 g/mol. The molecule has 35 heavy (non-hydrogen) atoms. The maximum atomic E-state index is 16.1. The van der Waals surface area contributed by atoms with Crippen LogP contribution in [0.2, 0.25) is 0 Å². The van der Waals surface area contributed by atoms with E-state index >= 15 is 4.39 Å². The summed E-state index contributed by atoms with van der Waals surface area (Å²) in [6.45, 7) is 3.12. The first-order valence-corrected chi connectivity index (χ1v) is 12.0. The molecule has 0 fully saturated rings. The van der Waals surface area contributed by atoms with E-state index < -0.39 is 43.4 Å². The molecule has 1 aromatic carbocycles. The van der Waals surface area contributed by atoms with Crippen molar-refractivity contribution in [2.75, 3.05) is 5.32 Å². The SMILES string of the molecule is Cc1nccc(Nc2cc(C3=CN=C(Cl)C(F)(NS(=O)(=O)c4ccc(F)cc4F)C3C)ccn2)n1. The Kier molecular flexibility index (Phi) is 6.62. The van der Waals surface area contributed by atoms with E-state index in [-0.39, 0.29) is 0 Å². The van der Waals surface area contributed by atoms with Crippen LogP contribution in [0.1, 0.15) is 18.3 Å². The molecule has 0 bridgehead atoms. The van der Waals surface area contributed by atoms with Gasteiger partial charge in [-0.1, -0.05) is 18.5 Å². The molecule has 8 nitrogen and oxygen atoms in total. The Morgan fingerprint density at radius 3 is 2.51 bits per heavy atom. The Bertz CT molecular complexity index is 1470. The van der Waals surface area contributed by atoms with E-state index in [0.29, 0.717) is 40.7 Å². The lowest BCUT2D eigenvalue weighted by molar-refractivity contribution is 0.192. The van der Waals surface area contributed by atoms with Crippen molar-refractivity contribution >= 4 is 44.0 Å². The summed E-state index contributed by atoms with van der Waals surface area (Å²) in [5.74, 6) is -5.04. The van der Waals surface area contributed by atoms with Crippen molar-refractivity contribution in [2.45, 2.75) is 24.5 Å². The Hall–Kier alpha value is -3.35. The maximum Gasteiger partial charge on any atom is 0.246 e. The van der Waals surface area contributed by atoms with Crippen molar-refractivity contribution in [3.63, 3.8) is 0 Å². The molecule has 2 aromatic heterocycles. The van der Waals surface area contributed by atoms with Gasteiger partial charge in [-0.25, -0.2) is 41.5 Å². The quantitative estimate of drug-likeness (QED) is 0.462. The largest absolute Gasteiger partial charge is 0.325 e. The monoisotopic (exact) mass is 522 g/mol. The number of sulfonamides is 1. The molecule has 13 heteroatoms. The third-order valence-corrected chi connectivity index (χ3v) is 7.12. The van der Waals surface area contributed by atoms with Gasteiger partial charge in [0.1, 0.15) is 34.0 Å². The number of alkyl halides is 1. The fourth-order valence-corrected chi connectivity index (χ4v) is 5.11. The molecule has 2 N–H and O–H groups in total. The average molecular weight is 523 g/mol. The number of hydrogen-bond donors (Lipinski definition) is 2. The van der Waals surface area contributed by atoms with Crippen LogP contribution in [0.5, 0.6) is 0 Å². The van der Waals surface area contributed by atoms with Gasteiger partial charge in [0, 0.05) is 30.6 Å². The van der Waals surface area contributed by atoms with Gasteiger partial charge in [-0.15, -0.1) is 0 Å². The second kappa shape index (κ2) is 9.36. The van der Waals surface area contributed by atoms with E-state index in [1.54, 1.807) is 36.0 Å². The lowest BCUT2D eigenvalue weighted by Gasteiger charge is -2.34. The average Bonchev–Trinajstić information content (AvgIpc) is 2.77. The summed E-state index contributed by atoms with van der Waals surface area (Å²) < 4.78 is 70.9. The number of rotatable bonds is 6. The first-order valence-electron chi connectivity index (χ1n) is 10.1. The molecule has 0 spiro atoms. The summed E-state index contributed by atoms with van der Waals surface area (Å²) in [6, 6.07) is 6.66. The van der Waals surface area contributed by atoms with Gasteiger partial charge >= 0.3 is 0 Å². The van der Waals surface area contributed by atoms with Gasteiger partial charge in [0.2, 0.25) is 15.8 Å². The standard InChI is InChI=1S/C22H18ClF3N6O2S/c1-12-16(14-5-7-28-20(9-14)31-19-6-8-27-13(2)30-19)11-29-21(23)22(12,26)32-35(33,34)18-4-3-15(24)10-17(18)25/h3-12,32H,1-2H3,(H,27,28,30,31). The van der Waals surface area contributed by atoms with Crippen molar-refractivity contribution in [3.8, 4) is 0 Å². The van der Waals surface area contributed by atoms with Gasteiger partial charge in [0.15, 0.2) is 5.17 Å². The first kappa shape index (κ1) is 24.8. The zero-order valence-electron chi connectivity index (χ0n) is 18.3. The molecule has 3 aromatic rings. The minimum atomic E-state index is -4.79. The van der Waals surface area contributed by atoms with E-state index in [1.165, 1.54) is 19.3 Å². The molecule has 1 aliphatic heterocycles. The number of pyridine rings is 1. The Balaban J connectivity index is 1.64. The highest BCUT2D eigenvalue weighted by Gasteiger charge is 2.48. The van der Waals surface area contributed by atoms with E-state index in [1.807, 2.05) is 0 Å². The minimum absolute atomic E-state index is 0.295. The van der Waals surface area contributed by atoms with Gasteiger partial charge in [-0.3, -0.25) is 0 Å². The van der Waals surface area contributed by atoms with Crippen LogP contribution in [0, 0.1) is 24.5 Å². The van der Waals surface area contributed by atoms with Crippen LogP contribution in [0.4, 0.5) is 24.8 Å². The number of nitrogens with zero attached hydrogens (tertiary/aromatic N) is 4. The highest BCUT2D eigenvalue weighted by molar-refractivity contribution is 7.89. The summed E-state index contributed by atoms with van der Waals surface area (Å²) >= 11 is 5.99. The van der Waals surface area contributed by atoms with Crippen LogP contribution in [-0.4, -0.2) is 34.3 Å². The van der Waals surface area contributed by atoms with Crippen LogP contribution in [0.25, 0.3) is 5.57 Å². The molecule has 2 atom stereocenters. The van der Waals surface area contributed by atoms with Crippen molar-refractivity contribution in [2.24, 2.45) is 10.9 Å². The number of hydrogen-bond acceptors (Lipinski definition) is 7. The van der Waals surface area contributed by atoms with Crippen molar-refractivity contribution in [1.29, 1.82) is 0 Å². The second-order valence-corrected chi connectivity index (χ2v) is 9.67.